The molecule has 0 radical (unpaired) electrons. The molecule has 1 heterocycles. The van der Waals surface area contributed by atoms with Crippen molar-refractivity contribution in [1.82, 2.24) is 15.1 Å². The molecule has 0 spiro atoms. The number of halogens is 2. The Bertz CT molecular complexity index is 919. The van der Waals surface area contributed by atoms with E-state index in [2.05, 4.69) is 10.4 Å². The van der Waals surface area contributed by atoms with Gasteiger partial charge in [0.25, 0.3) is 5.91 Å². The van der Waals surface area contributed by atoms with E-state index in [1.165, 1.54) is 12.1 Å². The van der Waals surface area contributed by atoms with Crippen LogP contribution in [0, 0.1) is 5.82 Å². The summed E-state index contributed by atoms with van der Waals surface area (Å²) < 4.78 is 14.7. The van der Waals surface area contributed by atoms with E-state index in [0.29, 0.717) is 17.1 Å². The highest BCUT2D eigenvalue weighted by atomic mass is 35.5. The summed E-state index contributed by atoms with van der Waals surface area (Å²) in [6.45, 7) is 4.34. The van der Waals surface area contributed by atoms with Crippen LogP contribution in [0.1, 0.15) is 41.4 Å². The van der Waals surface area contributed by atoms with Crippen LogP contribution in [0.4, 0.5) is 4.39 Å². The lowest BCUT2D eigenvalue weighted by molar-refractivity contribution is 0.0949. The van der Waals surface area contributed by atoms with Crippen molar-refractivity contribution in [3.8, 4) is 5.69 Å². The number of amides is 1. The zero-order chi connectivity index (χ0) is 18.7. The molecule has 0 atom stereocenters. The predicted molar refractivity (Wildman–Crippen MR) is 100 cm³/mol. The van der Waals surface area contributed by atoms with E-state index < -0.39 is 0 Å². The highest BCUT2D eigenvalue weighted by Crippen LogP contribution is 2.24. The SMILES string of the molecule is CC(C)c1c(C(=O)NCc2ccc(F)cc2)cnn1-c1cccc(Cl)c1. The summed E-state index contributed by atoms with van der Waals surface area (Å²) in [7, 11) is 0. The molecule has 3 rings (SSSR count). The zero-order valence-corrected chi connectivity index (χ0v) is 15.3. The van der Waals surface area contributed by atoms with Crippen LogP contribution in [0.3, 0.4) is 0 Å². The van der Waals surface area contributed by atoms with Gasteiger partial charge >= 0.3 is 0 Å². The van der Waals surface area contributed by atoms with Crippen molar-refractivity contribution in [2.45, 2.75) is 26.3 Å². The first-order chi connectivity index (χ1) is 12.5. The van der Waals surface area contributed by atoms with Gasteiger partial charge in [0.15, 0.2) is 0 Å². The van der Waals surface area contributed by atoms with Gasteiger partial charge in [-0.2, -0.15) is 5.10 Å². The van der Waals surface area contributed by atoms with Crippen molar-refractivity contribution in [2.24, 2.45) is 0 Å². The van der Waals surface area contributed by atoms with Crippen LogP contribution in [-0.2, 0) is 6.54 Å². The Morgan fingerprint density at radius 2 is 1.96 bits per heavy atom. The third-order valence-corrected chi connectivity index (χ3v) is 4.25. The minimum Gasteiger partial charge on any atom is -0.348 e. The Labute approximate surface area is 156 Å². The highest BCUT2D eigenvalue weighted by molar-refractivity contribution is 6.30. The predicted octanol–water partition coefficient (Wildman–Crippen LogP) is 4.72. The van der Waals surface area contributed by atoms with E-state index in [0.717, 1.165) is 16.9 Å². The van der Waals surface area contributed by atoms with Crippen molar-refractivity contribution < 1.29 is 9.18 Å². The highest BCUT2D eigenvalue weighted by Gasteiger charge is 2.20. The maximum Gasteiger partial charge on any atom is 0.255 e. The quantitative estimate of drug-likeness (QED) is 0.705. The Morgan fingerprint density at radius 3 is 2.62 bits per heavy atom. The van der Waals surface area contributed by atoms with Gasteiger partial charge < -0.3 is 5.32 Å². The molecule has 0 aliphatic rings. The second-order valence-corrected chi connectivity index (χ2v) is 6.74. The summed E-state index contributed by atoms with van der Waals surface area (Å²) in [5, 5.41) is 7.86. The summed E-state index contributed by atoms with van der Waals surface area (Å²) in [4.78, 5) is 12.7. The van der Waals surface area contributed by atoms with Gasteiger partial charge in [-0.15, -0.1) is 0 Å². The standard InChI is InChI=1S/C20H19ClFN3O/c1-13(2)19-18(12-24-25(19)17-5-3-4-15(21)10-17)20(26)23-11-14-6-8-16(22)9-7-14/h3-10,12-13H,11H2,1-2H3,(H,23,26). The fraction of sp³-hybridized carbons (Fsp3) is 0.200. The molecular formula is C20H19ClFN3O. The molecule has 26 heavy (non-hydrogen) atoms. The van der Waals surface area contributed by atoms with Gasteiger partial charge in [0.1, 0.15) is 5.82 Å². The molecule has 0 saturated carbocycles. The van der Waals surface area contributed by atoms with Gasteiger partial charge in [0.2, 0.25) is 0 Å². The Balaban J connectivity index is 1.85. The van der Waals surface area contributed by atoms with E-state index in [9.17, 15) is 9.18 Å². The lowest BCUT2D eigenvalue weighted by Gasteiger charge is -2.13. The molecule has 134 valence electrons. The van der Waals surface area contributed by atoms with Crippen molar-refractivity contribution in [3.05, 3.63) is 82.4 Å². The molecule has 0 aliphatic carbocycles. The molecule has 6 heteroatoms. The molecule has 4 nitrogen and oxygen atoms in total. The normalized spacial score (nSPS) is 11.0. The molecule has 0 fully saturated rings. The fourth-order valence-electron chi connectivity index (χ4n) is 2.78. The molecule has 0 bridgehead atoms. The number of nitrogens with zero attached hydrogens (tertiary/aromatic N) is 2. The smallest absolute Gasteiger partial charge is 0.255 e. The van der Waals surface area contributed by atoms with Crippen molar-refractivity contribution in [3.63, 3.8) is 0 Å². The molecule has 3 aromatic rings. The molecule has 1 N–H and O–H groups in total. The van der Waals surface area contributed by atoms with E-state index in [4.69, 9.17) is 11.6 Å². The molecular weight excluding hydrogens is 353 g/mol. The van der Waals surface area contributed by atoms with Crippen LogP contribution in [0.25, 0.3) is 5.69 Å². The minimum atomic E-state index is -0.301. The largest absolute Gasteiger partial charge is 0.348 e. The average molecular weight is 372 g/mol. The van der Waals surface area contributed by atoms with E-state index in [1.54, 1.807) is 35.1 Å². The Kier molecular flexibility index (Phi) is 5.38. The zero-order valence-electron chi connectivity index (χ0n) is 14.5. The topological polar surface area (TPSA) is 46.9 Å². The first kappa shape index (κ1) is 18.1. The van der Waals surface area contributed by atoms with Crippen molar-refractivity contribution in [2.75, 3.05) is 0 Å². The number of carbonyl (C=O) groups excluding carboxylic acids is 1. The number of aromatic nitrogens is 2. The van der Waals surface area contributed by atoms with Crippen LogP contribution in [0.2, 0.25) is 5.02 Å². The number of hydrogen-bond acceptors (Lipinski definition) is 2. The van der Waals surface area contributed by atoms with Gasteiger partial charge in [-0.3, -0.25) is 4.79 Å². The fourth-order valence-corrected chi connectivity index (χ4v) is 2.97. The van der Waals surface area contributed by atoms with Gasteiger partial charge in [-0.25, -0.2) is 9.07 Å². The average Bonchev–Trinajstić information content (AvgIpc) is 3.06. The van der Waals surface area contributed by atoms with Gasteiger partial charge in [0, 0.05) is 11.6 Å². The van der Waals surface area contributed by atoms with Crippen LogP contribution in [-0.4, -0.2) is 15.7 Å². The van der Waals surface area contributed by atoms with Crippen molar-refractivity contribution >= 4 is 17.5 Å². The van der Waals surface area contributed by atoms with Crippen LogP contribution in [0.15, 0.2) is 54.7 Å². The van der Waals surface area contributed by atoms with E-state index in [-0.39, 0.29) is 17.6 Å². The maximum absolute atomic E-state index is 13.0. The third kappa shape index (κ3) is 3.94. The lowest BCUT2D eigenvalue weighted by Crippen LogP contribution is -2.24. The molecule has 1 amide bonds. The maximum atomic E-state index is 13.0. The summed E-state index contributed by atoms with van der Waals surface area (Å²) in [6, 6.07) is 13.4. The molecule has 0 saturated heterocycles. The Morgan fingerprint density at radius 1 is 1.23 bits per heavy atom. The molecule has 2 aromatic carbocycles. The third-order valence-electron chi connectivity index (χ3n) is 4.02. The number of hydrogen-bond donors (Lipinski definition) is 1. The van der Waals surface area contributed by atoms with Gasteiger partial charge in [-0.05, 0) is 41.8 Å². The first-order valence-electron chi connectivity index (χ1n) is 8.32. The van der Waals surface area contributed by atoms with Gasteiger partial charge in [0.05, 0.1) is 23.1 Å². The van der Waals surface area contributed by atoms with E-state index in [1.807, 2.05) is 26.0 Å². The molecule has 0 aliphatic heterocycles. The number of carbonyl (C=O) groups is 1. The number of benzene rings is 2. The van der Waals surface area contributed by atoms with Gasteiger partial charge in [-0.1, -0.05) is 43.6 Å². The molecule has 0 unspecified atom stereocenters. The second-order valence-electron chi connectivity index (χ2n) is 6.30. The summed E-state index contributed by atoms with van der Waals surface area (Å²) in [6.07, 6.45) is 1.57. The molecule has 1 aromatic heterocycles. The van der Waals surface area contributed by atoms with Crippen LogP contribution in [0.5, 0.6) is 0 Å². The minimum absolute atomic E-state index is 0.0862. The summed E-state index contributed by atoms with van der Waals surface area (Å²) in [5.74, 6) is -0.431. The Hall–Kier alpha value is -2.66. The summed E-state index contributed by atoms with van der Waals surface area (Å²) >= 11 is 6.08. The number of nitrogens with one attached hydrogen (secondary N) is 1. The lowest BCUT2D eigenvalue weighted by atomic mass is 10.0. The van der Waals surface area contributed by atoms with Crippen LogP contribution >= 0.6 is 11.6 Å². The van der Waals surface area contributed by atoms with E-state index >= 15 is 0 Å². The number of rotatable bonds is 5. The first-order valence-corrected chi connectivity index (χ1v) is 8.70. The van der Waals surface area contributed by atoms with Crippen LogP contribution < -0.4 is 5.32 Å². The van der Waals surface area contributed by atoms with Crippen molar-refractivity contribution in [1.29, 1.82) is 0 Å². The summed E-state index contributed by atoms with van der Waals surface area (Å²) in [5.41, 5.74) is 2.96. The monoisotopic (exact) mass is 371 g/mol. The second kappa shape index (κ2) is 7.70.